The summed E-state index contributed by atoms with van der Waals surface area (Å²) in [6, 6.07) is 7.72. The van der Waals surface area contributed by atoms with E-state index in [4.69, 9.17) is 5.73 Å². The lowest BCUT2D eigenvalue weighted by molar-refractivity contribution is -0.122. The predicted octanol–water partition coefficient (Wildman–Crippen LogP) is 3.55. The van der Waals surface area contributed by atoms with Gasteiger partial charge in [0.1, 0.15) is 0 Å². The molecule has 1 aromatic rings. The van der Waals surface area contributed by atoms with Crippen LogP contribution in [-0.4, -0.2) is 17.9 Å². The van der Waals surface area contributed by atoms with E-state index < -0.39 is 0 Å². The molecule has 1 aromatic carbocycles. The van der Waals surface area contributed by atoms with E-state index in [1.807, 2.05) is 24.3 Å². The Bertz CT molecular complexity index is 663. The zero-order valence-corrected chi connectivity index (χ0v) is 15.8. The topological polar surface area (TPSA) is 84.2 Å². The molecule has 3 aliphatic carbocycles. The lowest BCUT2D eigenvalue weighted by atomic mass is 9.65. The number of fused-ring (bicyclic) bond motifs is 2. The average Bonchev–Trinajstić information content (AvgIpc) is 3.39. The minimum absolute atomic E-state index is 0. The molecule has 4 N–H and O–H groups in total. The van der Waals surface area contributed by atoms with Crippen LogP contribution in [0.3, 0.4) is 0 Å². The van der Waals surface area contributed by atoms with Crippen molar-refractivity contribution in [3.05, 3.63) is 24.3 Å². The standard InChI is InChI=1S/C20H27N3O2.ClH/c21-18-13-3-1-4-14(18)10-15(9-13)20(25)23-17-6-2-5-16(11-17)22-19(24)12-7-8-12;/h2,5-6,11-15,18H,1,3-4,7-10,21H2,(H,22,24)(H,23,25);1H. The molecule has 26 heavy (non-hydrogen) atoms. The SMILES string of the molecule is Cl.NC1C2CCCC1CC(C(=O)Nc1cccc(NC(=O)C3CC3)c1)C2. The Hall–Kier alpha value is -1.59. The molecule has 0 heterocycles. The quantitative estimate of drug-likeness (QED) is 0.750. The number of nitrogens with one attached hydrogen (secondary N) is 2. The summed E-state index contributed by atoms with van der Waals surface area (Å²) >= 11 is 0. The highest BCUT2D eigenvalue weighted by atomic mass is 35.5. The fourth-order valence-corrected chi connectivity index (χ4v) is 4.51. The number of carbonyl (C=O) groups is 2. The molecule has 2 amide bonds. The van der Waals surface area contributed by atoms with Crippen LogP contribution in [0.1, 0.15) is 44.9 Å². The third-order valence-corrected chi connectivity index (χ3v) is 6.13. The highest BCUT2D eigenvalue weighted by Crippen LogP contribution is 2.42. The van der Waals surface area contributed by atoms with Crippen LogP contribution in [0.5, 0.6) is 0 Å². The first kappa shape index (κ1) is 19.2. The van der Waals surface area contributed by atoms with Crippen molar-refractivity contribution in [2.45, 2.75) is 51.0 Å². The van der Waals surface area contributed by atoms with Gasteiger partial charge in [-0.3, -0.25) is 9.59 Å². The van der Waals surface area contributed by atoms with Crippen molar-refractivity contribution in [2.75, 3.05) is 10.6 Å². The summed E-state index contributed by atoms with van der Waals surface area (Å²) < 4.78 is 0. The molecule has 4 rings (SSSR count). The van der Waals surface area contributed by atoms with Crippen molar-refractivity contribution in [1.29, 1.82) is 0 Å². The average molecular weight is 378 g/mol. The van der Waals surface area contributed by atoms with Crippen LogP contribution in [-0.2, 0) is 9.59 Å². The minimum Gasteiger partial charge on any atom is -0.327 e. The number of halogens is 1. The molecule has 0 aliphatic heterocycles. The normalized spacial score (nSPS) is 30.0. The highest BCUT2D eigenvalue weighted by molar-refractivity contribution is 5.96. The van der Waals surface area contributed by atoms with Crippen LogP contribution < -0.4 is 16.4 Å². The van der Waals surface area contributed by atoms with Crippen LogP contribution >= 0.6 is 12.4 Å². The van der Waals surface area contributed by atoms with Crippen molar-refractivity contribution in [3.63, 3.8) is 0 Å². The van der Waals surface area contributed by atoms with Crippen LogP contribution in [0.2, 0.25) is 0 Å². The Morgan fingerprint density at radius 2 is 1.42 bits per heavy atom. The molecule has 2 unspecified atom stereocenters. The first-order valence-corrected chi connectivity index (χ1v) is 9.57. The fraction of sp³-hybridized carbons (Fsp3) is 0.600. The Morgan fingerprint density at radius 1 is 0.885 bits per heavy atom. The summed E-state index contributed by atoms with van der Waals surface area (Å²) in [5.74, 6) is 1.38. The molecular weight excluding hydrogens is 350 g/mol. The van der Waals surface area contributed by atoms with E-state index >= 15 is 0 Å². The number of hydrogen-bond donors (Lipinski definition) is 3. The van der Waals surface area contributed by atoms with Gasteiger partial charge < -0.3 is 16.4 Å². The van der Waals surface area contributed by atoms with E-state index in [1.165, 1.54) is 6.42 Å². The van der Waals surface area contributed by atoms with E-state index in [0.29, 0.717) is 11.8 Å². The van der Waals surface area contributed by atoms with Crippen molar-refractivity contribution < 1.29 is 9.59 Å². The lowest BCUT2D eigenvalue weighted by Crippen LogP contribution is -2.48. The fourth-order valence-electron chi connectivity index (χ4n) is 4.51. The summed E-state index contributed by atoms with van der Waals surface area (Å²) in [4.78, 5) is 24.6. The Morgan fingerprint density at radius 3 is 1.96 bits per heavy atom. The van der Waals surface area contributed by atoms with Crippen LogP contribution in [0.15, 0.2) is 24.3 Å². The molecule has 6 heteroatoms. The minimum atomic E-state index is 0. The van der Waals surface area contributed by atoms with Gasteiger partial charge in [-0.25, -0.2) is 0 Å². The van der Waals surface area contributed by atoms with Gasteiger partial charge in [-0.2, -0.15) is 0 Å². The molecule has 3 saturated carbocycles. The maximum atomic E-state index is 12.7. The van der Waals surface area contributed by atoms with Crippen molar-refractivity contribution in [2.24, 2.45) is 29.4 Å². The van der Waals surface area contributed by atoms with Crippen molar-refractivity contribution in [3.8, 4) is 0 Å². The Labute approximate surface area is 160 Å². The number of nitrogens with two attached hydrogens (primary N) is 1. The molecule has 142 valence electrons. The molecular formula is C20H28ClN3O2. The summed E-state index contributed by atoms with van der Waals surface area (Å²) in [6.45, 7) is 0. The predicted molar refractivity (Wildman–Crippen MR) is 105 cm³/mol. The summed E-state index contributed by atoms with van der Waals surface area (Å²) in [7, 11) is 0. The third kappa shape index (κ3) is 4.21. The second-order valence-electron chi connectivity index (χ2n) is 8.03. The van der Waals surface area contributed by atoms with E-state index in [9.17, 15) is 9.59 Å². The second-order valence-corrected chi connectivity index (χ2v) is 8.03. The Kier molecular flexibility index (Phi) is 5.88. The van der Waals surface area contributed by atoms with Gasteiger partial charge in [0.2, 0.25) is 11.8 Å². The molecule has 5 nitrogen and oxygen atoms in total. The van der Waals surface area contributed by atoms with Gasteiger partial charge in [-0.1, -0.05) is 12.5 Å². The smallest absolute Gasteiger partial charge is 0.227 e. The van der Waals surface area contributed by atoms with Crippen molar-refractivity contribution in [1.82, 2.24) is 0 Å². The molecule has 2 bridgehead atoms. The summed E-state index contributed by atoms with van der Waals surface area (Å²) in [5.41, 5.74) is 7.82. The number of amides is 2. The van der Waals surface area contributed by atoms with Crippen molar-refractivity contribution >= 4 is 35.6 Å². The zero-order chi connectivity index (χ0) is 17.4. The van der Waals surface area contributed by atoms with Gasteiger partial charge in [0.15, 0.2) is 0 Å². The van der Waals surface area contributed by atoms with E-state index in [1.54, 1.807) is 0 Å². The molecule has 3 aliphatic rings. The van der Waals surface area contributed by atoms with Gasteiger partial charge in [0.05, 0.1) is 0 Å². The van der Waals surface area contributed by atoms with Gasteiger partial charge in [0.25, 0.3) is 0 Å². The maximum Gasteiger partial charge on any atom is 0.227 e. The molecule has 0 radical (unpaired) electrons. The van der Waals surface area contributed by atoms with Gasteiger partial charge in [-0.15, -0.1) is 12.4 Å². The molecule has 3 fully saturated rings. The number of anilines is 2. The van der Waals surface area contributed by atoms with E-state index in [-0.39, 0.29) is 42.1 Å². The van der Waals surface area contributed by atoms with Gasteiger partial charge in [0, 0.05) is 29.3 Å². The zero-order valence-electron chi connectivity index (χ0n) is 14.9. The van der Waals surface area contributed by atoms with Crippen LogP contribution in [0.25, 0.3) is 0 Å². The molecule has 0 spiro atoms. The molecule has 0 aromatic heterocycles. The van der Waals surface area contributed by atoms with Gasteiger partial charge >= 0.3 is 0 Å². The second kappa shape index (κ2) is 7.97. The van der Waals surface area contributed by atoms with E-state index in [0.717, 1.165) is 49.9 Å². The third-order valence-electron chi connectivity index (χ3n) is 6.13. The molecule has 2 atom stereocenters. The monoisotopic (exact) mass is 377 g/mol. The van der Waals surface area contributed by atoms with Crippen LogP contribution in [0.4, 0.5) is 11.4 Å². The summed E-state index contributed by atoms with van der Waals surface area (Å²) in [5, 5.41) is 5.97. The highest BCUT2D eigenvalue weighted by Gasteiger charge is 2.40. The summed E-state index contributed by atoms with van der Waals surface area (Å²) in [6.07, 6.45) is 7.33. The van der Waals surface area contributed by atoms with Crippen LogP contribution in [0, 0.1) is 23.7 Å². The number of carbonyl (C=O) groups excluding carboxylic acids is 2. The lowest BCUT2D eigenvalue weighted by Gasteiger charge is -2.43. The number of rotatable bonds is 4. The number of hydrogen-bond acceptors (Lipinski definition) is 3. The molecule has 0 saturated heterocycles. The first-order valence-electron chi connectivity index (χ1n) is 9.57. The maximum absolute atomic E-state index is 12.7. The Balaban J connectivity index is 0.00000196. The van der Waals surface area contributed by atoms with E-state index in [2.05, 4.69) is 10.6 Å². The first-order chi connectivity index (χ1) is 12.1. The van der Waals surface area contributed by atoms with Gasteiger partial charge in [-0.05, 0) is 68.6 Å². The largest absolute Gasteiger partial charge is 0.327 e. The number of benzene rings is 1.